The zero-order valence-corrected chi connectivity index (χ0v) is 8.47. The quantitative estimate of drug-likeness (QED) is 0.596. The third-order valence-electron chi connectivity index (χ3n) is 1.38. The topological polar surface area (TPSA) is 45.2 Å². The molecular formula is C8H9ClFN3O. The molecule has 1 amide bonds. The Morgan fingerprint density at radius 2 is 2.29 bits per heavy atom. The van der Waals surface area contributed by atoms with Gasteiger partial charge in [-0.3, -0.25) is 10.2 Å². The number of carbonyl (C=O) groups excluding carboxylic acids is 1. The Labute approximate surface area is 85.7 Å². The van der Waals surface area contributed by atoms with Crippen molar-refractivity contribution >= 4 is 17.5 Å². The van der Waals surface area contributed by atoms with Crippen molar-refractivity contribution in [3.05, 3.63) is 28.8 Å². The van der Waals surface area contributed by atoms with Crippen molar-refractivity contribution in [2.45, 2.75) is 0 Å². The maximum atomic E-state index is 12.7. The summed E-state index contributed by atoms with van der Waals surface area (Å²) in [7, 11) is 3.27. The highest BCUT2D eigenvalue weighted by molar-refractivity contribution is 6.32. The van der Waals surface area contributed by atoms with Gasteiger partial charge in [-0.25, -0.2) is 14.4 Å². The number of amides is 1. The second-order valence-corrected chi connectivity index (χ2v) is 3.19. The Morgan fingerprint density at radius 1 is 1.64 bits per heavy atom. The van der Waals surface area contributed by atoms with Crippen LogP contribution >= 0.6 is 11.6 Å². The van der Waals surface area contributed by atoms with E-state index < -0.39 is 11.7 Å². The van der Waals surface area contributed by atoms with Gasteiger partial charge in [0.05, 0.1) is 11.8 Å². The van der Waals surface area contributed by atoms with Crippen molar-refractivity contribution in [1.29, 1.82) is 0 Å². The predicted octanol–water partition coefficient (Wildman–Crippen LogP) is 1.08. The molecule has 1 aromatic heterocycles. The zero-order chi connectivity index (χ0) is 10.7. The molecule has 0 aliphatic rings. The number of rotatable bonds is 2. The van der Waals surface area contributed by atoms with E-state index in [1.165, 1.54) is 5.01 Å². The van der Waals surface area contributed by atoms with Crippen LogP contribution in [0, 0.1) is 5.82 Å². The molecule has 0 unspecified atom stereocenters. The summed E-state index contributed by atoms with van der Waals surface area (Å²) >= 11 is 5.62. The average Bonchev–Trinajstić information content (AvgIpc) is 2.08. The minimum absolute atomic E-state index is 0.0142. The smallest absolute Gasteiger partial charge is 0.268 e. The molecule has 76 valence electrons. The standard InChI is InChI=1S/C8H9ClFN3O/c1-13(2)12-8(14)6-3-5(10)4-11-7(6)9/h3-4H,1-2H3,(H,12,14). The number of nitrogens with zero attached hydrogens (tertiary/aromatic N) is 2. The molecule has 0 aliphatic heterocycles. The number of hydrogen-bond donors (Lipinski definition) is 1. The lowest BCUT2D eigenvalue weighted by molar-refractivity contribution is 0.0856. The first-order chi connectivity index (χ1) is 6.50. The van der Waals surface area contributed by atoms with Crippen molar-refractivity contribution < 1.29 is 9.18 Å². The third kappa shape index (κ3) is 2.65. The van der Waals surface area contributed by atoms with Crippen LogP contribution in [0.4, 0.5) is 4.39 Å². The minimum atomic E-state index is -0.599. The first-order valence-corrected chi connectivity index (χ1v) is 4.18. The molecule has 0 aromatic carbocycles. The second-order valence-electron chi connectivity index (χ2n) is 2.83. The van der Waals surface area contributed by atoms with Gasteiger partial charge >= 0.3 is 0 Å². The first-order valence-electron chi connectivity index (χ1n) is 3.80. The molecule has 1 heterocycles. The number of carbonyl (C=O) groups is 1. The van der Waals surface area contributed by atoms with E-state index in [0.29, 0.717) is 0 Å². The van der Waals surface area contributed by atoms with Crippen molar-refractivity contribution in [3.63, 3.8) is 0 Å². The highest BCUT2D eigenvalue weighted by Gasteiger charge is 2.12. The van der Waals surface area contributed by atoms with Gasteiger partial charge in [0.2, 0.25) is 0 Å². The largest absolute Gasteiger partial charge is 0.285 e. The van der Waals surface area contributed by atoms with Crippen molar-refractivity contribution in [3.8, 4) is 0 Å². The fourth-order valence-corrected chi connectivity index (χ4v) is 1.03. The highest BCUT2D eigenvalue weighted by Crippen LogP contribution is 2.13. The summed E-state index contributed by atoms with van der Waals surface area (Å²) in [5.74, 6) is -1.09. The van der Waals surface area contributed by atoms with Crippen LogP contribution in [0.3, 0.4) is 0 Å². The summed E-state index contributed by atoms with van der Waals surface area (Å²) in [4.78, 5) is 14.9. The fraction of sp³-hybridized carbons (Fsp3) is 0.250. The monoisotopic (exact) mass is 217 g/mol. The molecule has 1 aromatic rings. The van der Waals surface area contributed by atoms with Crippen LogP contribution in [0.1, 0.15) is 10.4 Å². The van der Waals surface area contributed by atoms with Gasteiger partial charge in [0.25, 0.3) is 5.91 Å². The molecule has 14 heavy (non-hydrogen) atoms. The van der Waals surface area contributed by atoms with E-state index in [9.17, 15) is 9.18 Å². The van der Waals surface area contributed by atoms with E-state index in [2.05, 4.69) is 10.4 Å². The molecule has 0 spiro atoms. The number of hydrogen-bond acceptors (Lipinski definition) is 3. The van der Waals surface area contributed by atoms with Gasteiger partial charge in [0, 0.05) is 14.1 Å². The van der Waals surface area contributed by atoms with Gasteiger partial charge in [0.15, 0.2) is 0 Å². The van der Waals surface area contributed by atoms with Gasteiger partial charge in [-0.05, 0) is 6.07 Å². The van der Waals surface area contributed by atoms with Gasteiger partial charge in [0.1, 0.15) is 11.0 Å². The molecule has 1 N–H and O–H groups in total. The lowest BCUT2D eigenvalue weighted by atomic mass is 10.3. The maximum Gasteiger partial charge on any atom is 0.268 e. The Morgan fingerprint density at radius 3 is 2.86 bits per heavy atom. The summed E-state index contributed by atoms with van der Waals surface area (Å²) in [6.07, 6.45) is 0.953. The van der Waals surface area contributed by atoms with Gasteiger partial charge in [-0.1, -0.05) is 11.6 Å². The summed E-state index contributed by atoms with van der Waals surface area (Å²) < 4.78 is 12.7. The van der Waals surface area contributed by atoms with E-state index in [1.54, 1.807) is 14.1 Å². The van der Waals surface area contributed by atoms with E-state index in [0.717, 1.165) is 12.3 Å². The van der Waals surface area contributed by atoms with E-state index in [1.807, 2.05) is 0 Å². The van der Waals surface area contributed by atoms with Crippen molar-refractivity contribution in [2.75, 3.05) is 14.1 Å². The molecule has 0 fully saturated rings. The van der Waals surface area contributed by atoms with Crippen molar-refractivity contribution in [1.82, 2.24) is 15.4 Å². The highest BCUT2D eigenvalue weighted by atomic mass is 35.5. The van der Waals surface area contributed by atoms with Crippen LogP contribution < -0.4 is 5.43 Å². The summed E-state index contributed by atoms with van der Waals surface area (Å²) in [5, 5.41) is 1.41. The van der Waals surface area contributed by atoms with Crippen molar-refractivity contribution in [2.24, 2.45) is 0 Å². The Hall–Kier alpha value is -1.20. The molecule has 0 saturated carbocycles. The summed E-state index contributed by atoms with van der Waals surface area (Å²) in [6.45, 7) is 0. The van der Waals surface area contributed by atoms with Crippen LogP contribution in [-0.2, 0) is 0 Å². The van der Waals surface area contributed by atoms with Crippen LogP contribution in [0.25, 0.3) is 0 Å². The second kappa shape index (κ2) is 4.34. The molecule has 1 rings (SSSR count). The number of nitrogens with one attached hydrogen (secondary N) is 1. The van der Waals surface area contributed by atoms with Crippen LogP contribution in [-0.4, -0.2) is 30.0 Å². The van der Waals surface area contributed by atoms with Gasteiger partial charge in [-0.15, -0.1) is 0 Å². The van der Waals surface area contributed by atoms with Gasteiger partial charge in [-0.2, -0.15) is 0 Å². The Kier molecular flexibility index (Phi) is 3.38. The average molecular weight is 218 g/mol. The normalized spacial score (nSPS) is 10.4. The molecule has 6 heteroatoms. The number of halogens is 2. The first kappa shape index (κ1) is 10.9. The van der Waals surface area contributed by atoms with E-state index >= 15 is 0 Å². The molecule has 4 nitrogen and oxygen atoms in total. The van der Waals surface area contributed by atoms with E-state index in [4.69, 9.17) is 11.6 Å². The van der Waals surface area contributed by atoms with Gasteiger partial charge < -0.3 is 0 Å². The predicted molar refractivity (Wildman–Crippen MR) is 50.4 cm³/mol. The fourth-order valence-electron chi connectivity index (χ4n) is 0.845. The summed E-state index contributed by atoms with van der Waals surface area (Å²) in [5.41, 5.74) is 2.44. The van der Waals surface area contributed by atoms with E-state index in [-0.39, 0.29) is 10.7 Å². The number of hydrazine groups is 1. The summed E-state index contributed by atoms with van der Waals surface area (Å²) in [6, 6.07) is 1.04. The Balaban J connectivity index is 2.94. The molecule has 0 radical (unpaired) electrons. The maximum absolute atomic E-state index is 12.7. The van der Waals surface area contributed by atoms with Crippen LogP contribution in [0.15, 0.2) is 12.3 Å². The molecule has 0 saturated heterocycles. The number of aromatic nitrogens is 1. The Bertz CT molecular complexity index is 356. The molecular weight excluding hydrogens is 209 g/mol. The number of pyridine rings is 1. The molecule has 0 atom stereocenters. The van der Waals surface area contributed by atoms with Crippen LogP contribution in [0.5, 0.6) is 0 Å². The minimum Gasteiger partial charge on any atom is -0.285 e. The van der Waals surface area contributed by atoms with Crippen LogP contribution in [0.2, 0.25) is 5.15 Å². The SMILES string of the molecule is CN(C)NC(=O)c1cc(F)cnc1Cl. The lowest BCUT2D eigenvalue weighted by Gasteiger charge is -2.11. The zero-order valence-electron chi connectivity index (χ0n) is 7.71. The molecule has 0 bridgehead atoms. The molecule has 0 aliphatic carbocycles. The lowest BCUT2D eigenvalue weighted by Crippen LogP contribution is -2.36. The third-order valence-corrected chi connectivity index (χ3v) is 1.68.